The van der Waals surface area contributed by atoms with E-state index in [0.717, 1.165) is 35.1 Å². The lowest BCUT2D eigenvalue weighted by atomic mass is 10.1. The van der Waals surface area contributed by atoms with Crippen molar-refractivity contribution < 1.29 is 4.42 Å². The van der Waals surface area contributed by atoms with Gasteiger partial charge < -0.3 is 9.32 Å². The van der Waals surface area contributed by atoms with Crippen molar-refractivity contribution in [2.45, 2.75) is 13.0 Å². The monoisotopic (exact) mass is 312 g/mol. The molecule has 0 amide bonds. The van der Waals surface area contributed by atoms with E-state index < -0.39 is 0 Å². The predicted molar refractivity (Wildman–Crippen MR) is 83.7 cm³/mol. The molecule has 0 bridgehead atoms. The Hall–Kier alpha value is -2.40. The van der Waals surface area contributed by atoms with Gasteiger partial charge in [0.15, 0.2) is 0 Å². The van der Waals surface area contributed by atoms with E-state index >= 15 is 0 Å². The largest absolute Gasteiger partial charge is 0.439 e. The van der Waals surface area contributed by atoms with E-state index in [-0.39, 0.29) is 0 Å². The molecule has 4 rings (SSSR count). The molecule has 0 spiro atoms. The van der Waals surface area contributed by atoms with Gasteiger partial charge in [0.05, 0.1) is 6.54 Å². The molecule has 5 nitrogen and oxygen atoms in total. The first-order valence-electron chi connectivity index (χ1n) is 7.05. The van der Waals surface area contributed by atoms with Gasteiger partial charge in [-0.25, -0.2) is 15.0 Å². The maximum atomic E-state index is 6.07. The van der Waals surface area contributed by atoms with Gasteiger partial charge in [-0.2, -0.15) is 0 Å². The van der Waals surface area contributed by atoms with Gasteiger partial charge in [0, 0.05) is 29.9 Å². The average molecular weight is 313 g/mol. The lowest BCUT2D eigenvalue weighted by molar-refractivity contribution is 0.498. The number of nitrogens with zero attached hydrogens (tertiary/aromatic N) is 4. The van der Waals surface area contributed by atoms with E-state index in [0.29, 0.717) is 18.1 Å². The van der Waals surface area contributed by atoms with Crippen LogP contribution in [-0.4, -0.2) is 21.5 Å². The molecule has 0 atom stereocenters. The van der Waals surface area contributed by atoms with Crippen molar-refractivity contribution in [2.24, 2.45) is 0 Å². The molecule has 22 heavy (non-hydrogen) atoms. The quantitative estimate of drug-likeness (QED) is 0.726. The third-order valence-electron chi connectivity index (χ3n) is 3.70. The second-order valence-corrected chi connectivity index (χ2v) is 5.57. The SMILES string of the molecule is Clc1cccc(N2CCc3oc(-c4ccncn4)nc3C2)c1. The molecule has 0 unspecified atom stereocenters. The Bertz CT molecular complexity index is 803. The zero-order valence-electron chi connectivity index (χ0n) is 11.7. The summed E-state index contributed by atoms with van der Waals surface area (Å²) in [5, 5.41) is 0.741. The molecule has 0 aliphatic carbocycles. The minimum Gasteiger partial charge on any atom is -0.439 e. The highest BCUT2D eigenvalue weighted by Crippen LogP contribution is 2.28. The number of benzene rings is 1. The van der Waals surface area contributed by atoms with Gasteiger partial charge in [-0.1, -0.05) is 17.7 Å². The van der Waals surface area contributed by atoms with Crippen LogP contribution in [0.2, 0.25) is 5.02 Å². The third-order valence-corrected chi connectivity index (χ3v) is 3.94. The fourth-order valence-corrected chi connectivity index (χ4v) is 2.80. The van der Waals surface area contributed by atoms with Crippen LogP contribution in [0.4, 0.5) is 5.69 Å². The van der Waals surface area contributed by atoms with E-state index in [1.807, 2.05) is 18.2 Å². The van der Waals surface area contributed by atoms with Crippen LogP contribution in [0.3, 0.4) is 0 Å². The predicted octanol–water partition coefficient (Wildman–Crippen LogP) is 3.35. The van der Waals surface area contributed by atoms with E-state index in [1.165, 1.54) is 6.33 Å². The summed E-state index contributed by atoms with van der Waals surface area (Å²) in [7, 11) is 0. The van der Waals surface area contributed by atoms with Crippen LogP contribution in [0, 0.1) is 0 Å². The normalized spacial score (nSPS) is 14.0. The molecule has 2 aromatic heterocycles. The summed E-state index contributed by atoms with van der Waals surface area (Å²) in [4.78, 5) is 14.9. The summed E-state index contributed by atoms with van der Waals surface area (Å²) < 4.78 is 5.85. The Morgan fingerprint density at radius 3 is 3.00 bits per heavy atom. The second kappa shape index (κ2) is 5.42. The van der Waals surface area contributed by atoms with E-state index in [9.17, 15) is 0 Å². The van der Waals surface area contributed by atoms with Crippen LogP contribution in [0.25, 0.3) is 11.6 Å². The Morgan fingerprint density at radius 1 is 1.23 bits per heavy atom. The second-order valence-electron chi connectivity index (χ2n) is 5.13. The van der Waals surface area contributed by atoms with Crippen LogP contribution in [0.5, 0.6) is 0 Å². The third kappa shape index (κ3) is 2.44. The standard InChI is InChI=1S/C16H13ClN4O/c17-11-2-1-3-12(8-11)21-7-5-15-14(9-21)20-16(22-15)13-4-6-18-10-19-13/h1-4,6,8,10H,5,7,9H2. The first kappa shape index (κ1) is 13.3. The highest BCUT2D eigenvalue weighted by Gasteiger charge is 2.23. The lowest BCUT2D eigenvalue weighted by Crippen LogP contribution is -2.29. The van der Waals surface area contributed by atoms with Crippen molar-refractivity contribution in [3.8, 4) is 11.6 Å². The number of oxazole rings is 1. The van der Waals surface area contributed by atoms with Gasteiger partial charge >= 0.3 is 0 Å². The first-order chi connectivity index (χ1) is 10.8. The average Bonchev–Trinajstić information content (AvgIpc) is 2.99. The molecule has 0 radical (unpaired) electrons. The van der Waals surface area contributed by atoms with Crippen LogP contribution >= 0.6 is 11.6 Å². The Kier molecular flexibility index (Phi) is 3.27. The van der Waals surface area contributed by atoms with Gasteiger partial charge in [-0.15, -0.1) is 0 Å². The number of hydrogen-bond acceptors (Lipinski definition) is 5. The van der Waals surface area contributed by atoms with Crippen LogP contribution in [-0.2, 0) is 13.0 Å². The maximum Gasteiger partial charge on any atom is 0.245 e. The molecule has 3 heterocycles. The molecule has 0 saturated heterocycles. The number of rotatable bonds is 2. The minimum atomic E-state index is 0.556. The van der Waals surface area contributed by atoms with E-state index in [1.54, 1.807) is 12.3 Å². The number of fused-ring (bicyclic) bond motifs is 1. The summed E-state index contributed by atoms with van der Waals surface area (Å²) >= 11 is 6.07. The van der Waals surface area contributed by atoms with Crippen molar-refractivity contribution in [3.05, 3.63) is 59.3 Å². The van der Waals surface area contributed by atoms with Crippen molar-refractivity contribution in [1.82, 2.24) is 15.0 Å². The molecule has 1 aliphatic rings. The van der Waals surface area contributed by atoms with Gasteiger partial charge in [-0.05, 0) is 24.3 Å². The zero-order chi connectivity index (χ0) is 14.9. The molecule has 1 aromatic carbocycles. The maximum absolute atomic E-state index is 6.07. The van der Waals surface area contributed by atoms with Gasteiger partial charge in [-0.3, -0.25) is 0 Å². The molecule has 1 aliphatic heterocycles. The highest BCUT2D eigenvalue weighted by atomic mass is 35.5. The minimum absolute atomic E-state index is 0.556. The fourth-order valence-electron chi connectivity index (χ4n) is 2.62. The number of aromatic nitrogens is 3. The van der Waals surface area contributed by atoms with Crippen molar-refractivity contribution >= 4 is 17.3 Å². The van der Waals surface area contributed by atoms with Gasteiger partial charge in [0.1, 0.15) is 23.5 Å². The number of anilines is 1. The fraction of sp³-hybridized carbons (Fsp3) is 0.188. The van der Waals surface area contributed by atoms with Crippen molar-refractivity contribution in [3.63, 3.8) is 0 Å². The molecule has 0 saturated carbocycles. The highest BCUT2D eigenvalue weighted by molar-refractivity contribution is 6.30. The molecule has 3 aromatic rings. The summed E-state index contributed by atoms with van der Waals surface area (Å²) in [6.07, 6.45) is 4.00. The smallest absolute Gasteiger partial charge is 0.245 e. The summed E-state index contributed by atoms with van der Waals surface area (Å²) in [5.41, 5.74) is 2.77. The molecule has 6 heteroatoms. The van der Waals surface area contributed by atoms with Gasteiger partial charge in [0.2, 0.25) is 5.89 Å². The van der Waals surface area contributed by atoms with Crippen LogP contribution in [0.1, 0.15) is 11.5 Å². The number of halogens is 1. The zero-order valence-corrected chi connectivity index (χ0v) is 12.5. The first-order valence-corrected chi connectivity index (χ1v) is 7.43. The summed E-state index contributed by atoms with van der Waals surface area (Å²) in [6, 6.07) is 9.66. The molecule has 0 fully saturated rings. The molecule has 110 valence electrons. The lowest BCUT2D eigenvalue weighted by Gasteiger charge is -2.27. The number of hydrogen-bond donors (Lipinski definition) is 0. The van der Waals surface area contributed by atoms with E-state index in [2.05, 4.69) is 25.9 Å². The van der Waals surface area contributed by atoms with Crippen LogP contribution < -0.4 is 4.90 Å². The molecular weight excluding hydrogens is 300 g/mol. The van der Waals surface area contributed by atoms with Crippen LogP contribution in [0.15, 0.2) is 47.3 Å². The summed E-state index contributed by atoms with van der Waals surface area (Å²) in [5.74, 6) is 1.49. The van der Waals surface area contributed by atoms with Crippen molar-refractivity contribution in [2.75, 3.05) is 11.4 Å². The summed E-state index contributed by atoms with van der Waals surface area (Å²) in [6.45, 7) is 1.59. The topological polar surface area (TPSA) is 55.1 Å². The molecular formula is C16H13ClN4O. The molecule has 0 N–H and O–H groups in total. The van der Waals surface area contributed by atoms with E-state index in [4.69, 9.17) is 16.0 Å². The Labute approximate surface area is 132 Å². The van der Waals surface area contributed by atoms with Gasteiger partial charge in [0.25, 0.3) is 0 Å². The van der Waals surface area contributed by atoms with Crippen molar-refractivity contribution in [1.29, 1.82) is 0 Å². The Morgan fingerprint density at radius 2 is 2.18 bits per heavy atom. The Balaban J connectivity index is 1.63.